The third-order valence-corrected chi connectivity index (χ3v) is 2.43. The number of nitrogens with two attached hydrogens (primary N) is 1. The maximum atomic E-state index is 8.61. The first kappa shape index (κ1) is 16.9. The maximum Gasteiger partial charge on any atom is 0.255 e. The molecular formula is C8H23N2O2PS. The normalized spacial score (nSPS) is 10.6. The summed E-state index contributed by atoms with van der Waals surface area (Å²) in [6, 6.07) is 0. The molecule has 0 aromatic rings. The van der Waals surface area contributed by atoms with Gasteiger partial charge in [0.15, 0.2) is 0 Å². The van der Waals surface area contributed by atoms with Crippen LogP contribution in [0, 0.1) is 0 Å². The second-order valence-electron chi connectivity index (χ2n) is 2.95. The fraction of sp³-hybridized carbons (Fsp3) is 1.00. The zero-order valence-electron chi connectivity index (χ0n) is 9.07. The summed E-state index contributed by atoms with van der Waals surface area (Å²) in [7, 11) is 0. The fourth-order valence-corrected chi connectivity index (χ4v) is 1.33. The van der Waals surface area contributed by atoms with Crippen molar-refractivity contribution in [3.63, 3.8) is 0 Å². The molecular weight excluding hydrogens is 219 g/mol. The summed E-state index contributed by atoms with van der Waals surface area (Å²) in [5.41, 5.74) is 5.14. The fourth-order valence-electron chi connectivity index (χ4n) is 0.606. The molecule has 6 heteroatoms. The van der Waals surface area contributed by atoms with E-state index in [1.54, 1.807) is 0 Å². The van der Waals surface area contributed by atoms with Crippen molar-refractivity contribution < 1.29 is 9.79 Å². The van der Waals surface area contributed by atoms with Crippen molar-refractivity contribution in [1.82, 2.24) is 5.09 Å². The van der Waals surface area contributed by atoms with Crippen LogP contribution in [0.25, 0.3) is 0 Å². The highest BCUT2D eigenvalue weighted by Gasteiger charge is 2.02. The quantitative estimate of drug-likeness (QED) is 0.417. The Bertz CT molecular complexity index is 150. The number of unbranched alkanes of at least 4 members (excludes halogenated alkanes) is 2. The molecule has 0 fully saturated rings. The average Bonchev–Trinajstić information content (AvgIpc) is 2.05. The van der Waals surface area contributed by atoms with Crippen molar-refractivity contribution in [2.75, 3.05) is 13.1 Å². The number of hydrogen-bond acceptors (Lipinski definition) is 2. The molecule has 0 saturated heterocycles. The smallest absolute Gasteiger partial charge is 0.255 e. The van der Waals surface area contributed by atoms with Crippen molar-refractivity contribution in [1.29, 1.82) is 0 Å². The monoisotopic (exact) mass is 242 g/mol. The van der Waals surface area contributed by atoms with E-state index in [4.69, 9.17) is 15.5 Å². The van der Waals surface area contributed by atoms with E-state index in [0.717, 1.165) is 19.4 Å². The Hall–Kier alpha value is 0.490. The molecule has 0 aliphatic rings. The van der Waals surface area contributed by atoms with Gasteiger partial charge in [-0.2, -0.15) is 0 Å². The molecule has 0 aliphatic carbocycles. The lowest BCUT2D eigenvalue weighted by atomic mass is 10.3. The van der Waals surface area contributed by atoms with Gasteiger partial charge in [0.05, 0.1) is 0 Å². The van der Waals surface area contributed by atoms with E-state index < -0.39 is 6.64 Å². The molecule has 88 valence electrons. The van der Waals surface area contributed by atoms with Gasteiger partial charge in [-0.05, 0) is 31.2 Å². The van der Waals surface area contributed by atoms with Gasteiger partial charge in [-0.3, -0.25) is 0 Å². The Balaban J connectivity index is 0. The summed E-state index contributed by atoms with van der Waals surface area (Å²) in [4.78, 5) is 17.2. The zero-order valence-corrected chi connectivity index (χ0v) is 10.8. The highest BCUT2D eigenvalue weighted by molar-refractivity contribution is 8.08. The van der Waals surface area contributed by atoms with Crippen LogP contribution >= 0.6 is 6.64 Å². The molecule has 0 bridgehead atoms. The second kappa shape index (κ2) is 11.6. The van der Waals surface area contributed by atoms with Crippen LogP contribution in [-0.2, 0) is 11.8 Å². The molecule has 0 saturated carbocycles. The van der Waals surface area contributed by atoms with Crippen molar-refractivity contribution in [3.8, 4) is 0 Å². The van der Waals surface area contributed by atoms with E-state index in [1.807, 2.05) is 6.92 Å². The topological polar surface area (TPSA) is 78.5 Å². The van der Waals surface area contributed by atoms with Gasteiger partial charge in [0.1, 0.15) is 0 Å². The molecule has 0 heterocycles. The van der Waals surface area contributed by atoms with Crippen molar-refractivity contribution in [3.05, 3.63) is 0 Å². The minimum absolute atomic E-state index is 0.598. The molecule has 0 aromatic heterocycles. The van der Waals surface area contributed by atoms with Crippen LogP contribution in [0.2, 0.25) is 0 Å². The summed E-state index contributed by atoms with van der Waals surface area (Å²) >= 11 is 4.31. The van der Waals surface area contributed by atoms with Crippen molar-refractivity contribution in [2.45, 2.75) is 39.5 Å². The van der Waals surface area contributed by atoms with E-state index in [1.165, 1.54) is 12.8 Å². The van der Waals surface area contributed by atoms with E-state index in [0.29, 0.717) is 6.54 Å². The molecule has 5 N–H and O–H groups in total. The van der Waals surface area contributed by atoms with E-state index in [-0.39, 0.29) is 0 Å². The standard InChI is InChI=1S/C4H12NO2PS.C4H11N/c1-2-3-4-5-8(6,7)9;1-2-3-4-5/h2-4H2,1H3,(H3,5,6,7,9);2-5H2,1H3. The summed E-state index contributed by atoms with van der Waals surface area (Å²) < 4.78 is 0. The summed E-state index contributed by atoms with van der Waals surface area (Å²) in [5.74, 6) is 0. The molecule has 0 atom stereocenters. The lowest BCUT2D eigenvalue weighted by Crippen LogP contribution is -2.10. The van der Waals surface area contributed by atoms with Crippen LogP contribution in [0.3, 0.4) is 0 Å². The third-order valence-electron chi connectivity index (χ3n) is 1.41. The minimum Gasteiger partial charge on any atom is -0.334 e. The van der Waals surface area contributed by atoms with Crippen LogP contribution in [0.1, 0.15) is 39.5 Å². The van der Waals surface area contributed by atoms with Crippen LogP contribution < -0.4 is 10.8 Å². The molecule has 0 unspecified atom stereocenters. The molecule has 4 nitrogen and oxygen atoms in total. The van der Waals surface area contributed by atoms with Crippen LogP contribution in [0.15, 0.2) is 0 Å². The SMILES string of the molecule is CCCCN.CCCCNP(O)(O)=S. The Morgan fingerprint density at radius 3 is 1.93 bits per heavy atom. The molecule has 0 spiro atoms. The van der Waals surface area contributed by atoms with Gasteiger partial charge in [-0.1, -0.05) is 26.7 Å². The maximum absolute atomic E-state index is 8.61. The highest BCUT2D eigenvalue weighted by atomic mass is 32.5. The first-order valence-corrected chi connectivity index (χ1v) is 7.69. The summed E-state index contributed by atoms with van der Waals surface area (Å²) in [5, 5.41) is 2.46. The third kappa shape index (κ3) is 22.9. The lowest BCUT2D eigenvalue weighted by Gasteiger charge is -2.07. The van der Waals surface area contributed by atoms with Gasteiger partial charge in [0, 0.05) is 6.54 Å². The molecule has 0 aromatic carbocycles. The van der Waals surface area contributed by atoms with Crippen molar-refractivity contribution >= 4 is 18.4 Å². The molecule has 0 amide bonds. The Labute approximate surface area is 92.1 Å². The van der Waals surface area contributed by atoms with E-state index >= 15 is 0 Å². The van der Waals surface area contributed by atoms with Gasteiger partial charge in [-0.15, -0.1) is 0 Å². The largest absolute Gasteiger partial charge is 0.334 e. The van der Waals surface area contributed by atoms with Crippen LogP contribution in [0.5, 0.6) is 0 Å². The summed E-state index contributed by atoms with van der Waals surface area (Å²) in [6.07, 6.45) is 4.35. The number of hydrogen-bond donors (Lipinski definition) is 4. The first-order chi connectivity index (χ1) is 6.47. The highest BCUT2D eigenvalue weighted by Crippen LogP contribution is 2.28. The van der Waals surface area contributed by atoms with Crippen LogP contribution in [0.4, 0.5) is 0 Å². The van der Waals surface area contributed by atoms with Crippen molar-refractivity contribution in [2.24, 2.45) is 5.73 Å². The predicted molar refractivity (Wildman–Crippen MR) is 65.6 cm³/mol. The Morgan fingerprint density at radius 2 is 1.71 bits per heavy atom. The van der Waals surface area contributed by atoms with Gasteiger partial charge in [0.2, 0.25) is 0 Å². The molecule has 0 aliphatic heterocycles. The van der Waals surface area contributed by atoms with E-state index in [2.05, 4.69) is 23.8 Å². The summed E-state index contributed by atoms with van der Waals surface area (Å²) in [6.45, 7) is 2.49. The van der Waals surface area contributed by atoms with Gasteiger partial charge in [-0.25, -0.2) is 5.09 Å². The molecule has 0 radical (unpaired) electrons. The van der Waals surface area contributed by atoms with Crippen LogP contribution in [-0.4, -0.2) is 22.9 Å². The van der Waals surface area contributed by atoms with Gasteiger partial charge in [0.25, 0.3) is 6.64 Å². The van der Waals surface area contributed by atoms with Gasteiger partial charge < -0.3 is 15.5 Å². The average molecular weight is 242 g/mol. The number of nitrogens with one attached hydrogen (secondary N) is 1. The minimum atomic E-state index is -3.11. The van der Waals surface area contributed by atoms with Gasteiger partial charge >= 0.3 is 0 Å². The Morgan fingerprint density at radius 1 is 1.21 bits per heavy atom. The lowest BCUT2D eigenvalue weighted by molar-refractivity contribution is 0.459. The number of rotatable bonds is 6. The molecule has 0 rings (SSSR count). The Kier molecular flexibility index (Phi) is 14.0. The second-order valence-corrected chi connectivity index (χ2v) is 5.88. The predicted octanol–water partition coefficient (Wildman–Crippen LogP) is 1.33. The first-order valence-electron chi connectivity index (χ1n) is 4.98. The van der Waals surface area contributed by atoms with E-state index in [9.17, 15) is 0 Å². The zero-order chi connectivity index (χ0) is 11.4. The molecule has 14 heavy (non-hydrogen) atoms.